The summed E-state index contributed by atoms with van der Waals surface area (Å²) in [4.78, 5) is 11.9. The van der Waals surface area contributed by atoms with Gasteiger partial charge in [-0.3, -0.25) is 13.8 Å². The quantitative estimate of drug-likeness (QED) is 0.580. The van der Waals surface area contributed by atoms with E-state index in [1.807, 2.05) is 59.1 Å². The normalized spacial score (nSPS) is 12.9. The number of amides is 1. The molecule has 0 aliphatic rings. The molecule has 0 saturated carbocycles. The van der Waals surface area contributed by atoms with Crippen molar-refractivity contribution in [1.29, 1.82) is 0 Å². The van der Waals surface area contributed by atoms with Crippen LogP contribution >= 0.6 is 0 Å². The van der Waals surface area contributed by atoms with Gasteiger partial charge in [0.05, 0.1) is 26.4 Å². The van der Waals surface area contributed by atoms with Gasteiger partial charge in [-0.05, 0) is 17.5 Å². The van der Waals surface area contributed by atoms with Crippen LogP contribution in [-0.4, -0.2) is 45.3 Å². The first-order chi connectivity index (χ1) is 10.8. The maximum atomic E-state index is 11.9. The largest absolute Gasteiger partial charge is 0.326 e. The van der Waals surface area contributed by atoms with Crippen LogP contribution < -0.4 is 9.80 Å². The average molecular weight is 357 g/mol. The molecule has 0 fully saturated rings. The lowest BCUT2D eigenvalue weighted by atomic mass is 9.92. The SMILES string of the molecule is CC(C)(C)CC(=O)Nc1ccc([N+](C)(C)CCCS(=O)(=O)O)cc1. The van der Waals surface area contributed by atoms with Gasteiger partial charge in [0.25, 0.3) is 10.1 Å². The van der Waals surface area contributed by atoms with E-state index in [4.69, 9.17) is 4.55 Å². The highest BCUT2D eigenvalue weighted by Crippen LogP contribution is 2.23. The van der Waals surface area contributed by atoms with Gasteiger partial charge in [-0.1, -0.05) is 20.8 Å². The Morgan fingerprint density at radius 2 is 1.71 bits per heavy atom. The third kappa shape index (κ3) is 7.90. The molecule has 1 aromatic rings. The van der Waals surface area contributed by atoms with Gasteiger partial charge in [0.1, 0.15) is 5.69 Å². The lowest BCUT2D eigenvalue weighted by Crippen LogP contribution is -2.41. The summed E-state index contributed by atoms with van der Waals surface area (Å²) in [5.74, 6) is -0.257. The lowest BCUT2D eigenvalue weighted by molar-refractivity contribution is -0.117. The molecular weight excluding hydrogens is 328 g/mol. The first kappa shape index (κ1) is 20.6. The Balaban J connectivity index is 2.67. The zero-order valence-electron chi connectivity index (χ0n) is 15.2. The molecule has 0 heterocycles. The Bertz CT molecular complexity index is 659. The molecule has 7 heteroatoms. The number of hydrogen-bond acceptors (Lipinski definition) is 3. The second kappa shape index (κ2) is 7.63. The first-order valence-electron chi connectivity index (χ1n) is 7.97. The van der Waals surface area contributed by atoms with E-state index >= 15 is 0 Å². The fraction of sp³-hybridized carbons (Fsp3) is 0.588. The van der Waals surface area contributed by atoms with Crippen molar-refractivity contribution in [2.45, 2.75) is 33.6 Å². The third-order valence-corrected chi connectivity index (χ3v) is 4.46. The number of benzene rings is 1. The van der Waals surface area contributed by atoms with Crippen molar-refractivity contribution in [2.75, 3.05) is 31.7 Å². The molecule has 6 nitrogen and oxygen atoms in total. The molecule has 1 amide bonds. The summed E-state index contributed by atoms with van der Waals surface area (Å²) in [6, 6.07) is 7.53. The van der Waals surface area contributed by atoms with Crippen LogP contribution in [0.25, 0.3) is 0 Å². The Labute approximate surface area is 145 Å². The Hall–Kier alpha value is -1.44. The minimum atomic E-state index is -3.92. The maximum absolute atomic E-state index is 11.9. The first-order valence-corrected chi connectivity index (χ1v) is 9.58. The monoisotopic (exact) mass is 357 g/mol. The van der Waals surface area contributed by atoms with Crippen molar-refractivity contribution in [3.8, 4) is 0 Å². The van der Waals surface area contributed by atoms with E-state index < -0.39 is 10.1 Å². The molecule has 0 unspecified atom stereocenters. The van der Waals surface area contributed by atoms with E-state index in [-0.39, 0.29) is 17.1 Å². The number of carbonyl (C=O) groups excluding carboxylic acids is 1. The fourth-order valence-corrected chi connectivity index (χ4v) is 2.90. The average Bonchev–Trinajstić information content (AvgIpc) is 2.35. The van der Waals surface area contributed by atoms with Gasteiger partial charge in [-0.25, -0.2) is 0 Å². The predicted octanol–water partition coefficient (Wildman–Crippen LogP) is 2.91. The molecule has 0 saturated heterocycles. The van der Waals surface area contributed by atoms with Gasteiger partial charge < -0.3 is 5.32 Å². The molecule has 0 radical (unpaired) electrons. The van der Waals surface area contributed by atoms with Crippen molar-refractivity contribution in [3.63, 3.8) is 0 Å². The van der Waals surface area contributed by atoms with Gasteiger partial charge in [0.15, 0.2) is 0 Å². The summed E-state index contributed by atoms with van der Waals surface area (Å²) in [5, 5.41) is 2.88. The fourth-order valence-electron chi connectivity index (χ4n) is 2.41. The van der Waals surface area contributed by atoms with Crippen molar-refractivity contribution in [1.82, 2.24) is 4.48 Å². The number of nitrogens with one attached hydrogen (secondary N) is 1. The van der Waals surface area contributed by atoms with E-state index in [0.717, 1.165) is 11.4 Å². The van der Waals surface area contributed by atoms with E-state index in [2.05, 4.69) is 5.32 Å². The molecule has 0 spiro atoms. The van der Waals surface area contributed by atoms with Gasteiger partial charge in [0, 0.05) is 30.7 Å². The highest BCUT2D eigenvalue weighted by molar-refractivity contribution is 7.85. The van der Waals surface area contributed by atoms with Crippen LogP contribution in [-0.2, 0) is 14.9 Å². The molecule has 1 rings (SSSR count). The summed E-state index contributed by atoms with van der Waals surface area (Å²) in [6.45, 7) is 6.63. The number of quaternary nitrogens is 1. The van der Waals surface area contributed by atoms with Crippen molar-refractivity contribution in [3.05, 3.63) is 24.3 Å². The molecular formula is C17H29N2O4S+. The van der Waals surface area contributed by atoms with E-state index in [1.54, 1.807) is 0 Å². The highest BCUT2D eigenvalue weighted by atomic mass is 32.2. The molecule has 136 valence electrons. The van der Waals surface area contributed by atoms with E-state index in [0.29, 0.717) is 23.9 Å². The molecule has 0 aliphatic heterocycles. The number of nitrogens with zero attached hydrogens (tertiary/aromatic N) is 1. The number of anilines is 1. The minimum absolute atomic E-state index is 0.0165. The van der Waals surface area contributed by atoms with E-state index in [9.17, 15) is 13.2 Å². The van der Waals surface area contributed by atoms with Crippen molar-refractivity contribution in [2.24, 2.45) is 5.41 Å². The summed E-state index contributed by atoms with van der Waals surface area (Å²) >= 11 is 0. The van der Waals surface area contributed by atoms with Crippen LogP contribution in [0.3, 0.4) is 0 Å². The second-order valence-electron chi connectivity index (χ2n) is 7.88. The maximum Gasteiger partial charge on any atom is 0.265 e. The summed E-state index contributed by atoms with van der Waals surface area (Å²) in [5.41, 5.74) is 1.68. The summed E-state index contributed by atoms with van der Waals surface area (Å²) < 4.78 is 30.9. The van der Waals surface area contributed by atoms with Crippen molar-refractivity contribution >= 4 is 27.4 Å². The second-order valence-corrected chi connectivity index (χ2v) is 9.45. The Morgan fingerprint density at radius 3 is 2.17 bits per heavy atom. The number of carbonyl (C=O) groups is 1. The van der Waals surface area contributed by atoms with Crippen LogP contribution in [0.5, 0.6) is 0 Å². The Kier molecular flexibility index (Phi) is 6.55. The van der Waals surface area contributed by atoms with Gasteiger partial charge in [0.2, 0.25) is 5.91 Å². The summed E-state index contributed by atoms with van der Waals surface area (Å²) in [6.07, 6.45) is 0.821. The molecule has 1 aromatic carbocycles. The summed E-state index contributed by atoms with van der Waals surface area (Å²) in [7, 11) is 0.0174. The zero-order chi connectivity index (χ0) is 18.6. The van der Waals surface area contributed by atoms with Gasteiger partial charge >= 0.3 is 0 Å². The zero-order valence-corrected chi connectivity index (χ0v) is 16.0. The minimum Gasteiger partial charge on any atom is -0.326 e. The third-order valence-electron chi connectivity index (χ3n) is 3.66. The van der Waals surface area contributed by atoms with Crippen LogP contribution in [0.1, 0.15) is 33.6 Å². The van der Waals surface area contributed by atoms with Crippen LogP contribution in [0, 0.1) is 5.41 Å². The molecule has 0 bridgehead atoms. The standard InChI is InChI=1S/C17H28N2O4S/c1-17(2,3)13-16(20)18-14-7-9-15(10-8-14)19(4,5)11-6-12-24(21,22)23/h7-10H,6,11-13H2,1-5H3,(H-,18,20,21,22,23)/p+1. The smallest absolute Gasteiger partial charge is 0.265 e. The van der Waals surface area contributed by atoms with Crippen LogP contribution in [0.15, 0.2) is 24.3 Å². The molecule has 0 aliphatic carbocycles. The number of rotatable bonds is 7. The van der Waals surface area contributed by atoms with E-state index in [1.165, 1.54) is 0 Å². The van der Waals surface area contributed by atoms with Gasteiger partial charge in [-0.15, -0.1) is 0 Å². The molecule has 0 atom stereocenters. The molecule has 0 aromatic heterocycles. The van der Waals surface area contributed by atoms with Crippen LogP contribution in [0.4, 0.5) is 11.4 Å². The van der Waals surface area contributed by atoms with Crippen LogP contribution in [0.2, 0.25) is 0 Å². The molecule has 24 heavy (non-hydrogen) atoms. The lowest BCUT2D eigenvalue weighted by Gasteiger charge is -2.29. The number of hydrogen-bond donors (Lipinski definition) is 2. The molecule has 2 N–H and O–H groups in total. The predicted molar refractivity (Wildman–Crippen MR) is 98.7 cm³/mol. The van der Waals surface area contributed by atoms with Crippen molar-refractivity contribution < 1.29 is 17.8 Å². The topological polar surface area (TPSA) is 83.5 Å². The highest BCUT2D eigenvalue weighted by Gasteiger charge is 2.20. The Morgan fingerprint density at radius 1 is 1.17 bits per heavy atom. The van der Waals surface area contributed by atoms with Gasteiger partial charge in [-0.2, -0.15) is 8.42 Å².